The van der Waals surface area contributed by atoms with Crippen LogP contribution < -0.4 is 0 Å². The van der Waals surface area contributed by atoms with Crippen LogP contribution in [0.15, 0.2) is 72.8 Å². The molecule has 5 rings (SSSR count). The van der Waals surface area contributed by atoms with Gasteiger partial charge < -0.3 is 9.88 Å². The molecular formula is C30H29F6N3. The van der Waals surface area contributed by atoms with E-state index in [0.29, 0.717) is 23.5 Å². The van der Waals surface area contributed by atoms with Crippen molar-refractivity contribution in [1.82, 2.24) is 14.9 Å². The Morgan fingerprint density at radius 2 is 1.31 bits per heavy atom. The van der Waals surface area contributed by atoms with Crippen molar-refractivity contribution < 1.29 is 26.3 Å². The fraction of sp³-hybridized carbons (Fsp3) is 0.367. The molecule has 0 spiro atoms. The fourth-order valence-corrected chi connectivity index (χ4v) is 5.45. The number of H-pyrrole nitrogens is 1. The quantitative estimate of drug-likeness (QED) is 0.237. The summed E-state index contributed by atoms with van der Waals surface area (Å²) in [5.74, 6) is 1.07. The minimum absolute atomic E-state index is 0.303. The fourth-order valence-electron chi connectivity index (χ4n) is 5.45. The van der Waals surface area contributed by atoms with E-state index in [1.165, 1.54) is 24.3 Å². The summed E-state index contributed by atoms with van der Waals surface area (Å²) in [6.45, 7) is 2.63. The van der Waals surface area contributed by atoms with Crippen molar-refractivity contribution >= 4 is 11.0 Å². The smallest absolute Gasteiger partial charge is 0.342 e. The Morgan fingerprint density at radius 3 is 1.82 bits per heavy atom. The van der Waals surface area contributed by atoms with E-state index in [0.717, 1.165) is 80.0 Å². The lowest BCUT2D eigenvalue weighted by Crippen LogP contribution is -2.34. The van der Waals surface area contributed by atoms with E-state index >= 15 is 0 Å². The van der Waals surface area contributed by atoms with Crippen molar-refractivity contribution in [1.29, 1.82) is 0 Å². The molecule has 1 saturated heterocycles. The number of hydrogen-bond donors (Lipinski definition) is 1. The molecule has 0 bridgehead atoms. The van der Waals surface area contributed by atoms with Crippen LogP contribution in [0.5, 0.6) is 0 Å². The summed E-state index contributed by atoms with van der Waals surface area (Å²) < 4.78 is 78.5. The maximum atomic E-state index is 13.1. The first kappa shape index (κ1) is 27.2. The van der Waals surface area contributed by atoms with Gasteiger partial charge in [0.1, 0.15) is 5.82 Å². The lowest BCUT2D eigenvalue weighted by atomic mass is 9.86. The van der Waals surface area contributed by atoms with E-state index in [4.69, 9.17) is 4.98 Å². The number of para-hydroxylation sites is 2. The lowest BCUT2D eigenvalue weighted by Gasteiger charge is -2.31. The molecular weight excluding hydrogens is 516 g/mol. The number of nitrogens with one attached hydrogen (secondary N) is 1. The molecule has 0 saturated carbocycles. The molecule has 206 valence electrons. The molecule has 0 aliphatic carbocycles. The molecule has 9 heteroatoms. The minimum atomic E-state index is -4.45. The SMILES string of the molecule is FC(F)(F)c1ccc(C(CCCN2CCC(c3nc4ccccc4[nH]3)CC2)c2ccc(C(F)(F)F)cc2)cc1. The first-order valence-electron chi connectivity index (χ1n) is 13.1. The topological polar surface area (TPSA) is 31.9 Å². The van der Waals surface area contributed by atoms with Crippen LogP contribution in [0, 0.1) is 0 Å². The van der Waals surface area contributed by atoms with Gasteiger partial charge in [-0.25, -0.2) is 4.98 Å². The van der Waals surface area contributed by atoms with Gasteiger partial charge >= 0.3 is 12.4 Å². The van der Waals surface area contributed by atoms with Crippen molar-refractivity contribution in [2.75, 3.05) is 19.6 Å². The van der Waals surface area contributed by atoms with Crippen LogP contribution in [0.25, 0.3) is 11.0 Å². The normalized spacial score (nSPS) is 15.9. The average Bonchev–Trinajstić information content (AvgIpc) is 3.35. The molecule has 2 heterocycles. The number of hydrogen-bond acceptors (Lipinski definition) is 2. The monoisotopic (exact) mass is 545 g/mol. The van der Waals surface area contributed by atoms with Crippen molar-refractivity contribution in [2.24, 2.45) is 0 Å². The molecule has 0 amide bonds. The predicted molar refractivity (Wildman–Crippen MR) is 138 cm³/mol. The summed E-state index contributed by atoms with van der Waals surface area (Å²) in [5.41, 5.74) is 1.83. The number of nitrogens with zero attached hydrogens (tertiary/aromatic N) is 2. The van der Waals surface area contributed by atoms with E-state index in [9.17, 15) is 26.3 Å². The van der Waals surface area contributed by atoms with Gasteiger partial charge in [-0.3, -0.25) is 0 Å². The predicted octanol–water partition coefficient (Wildman–Crippen LogP) is 8.39. The largest absolute Gasteiger partial charge is 0.416 e. The van der Waals surface area contributed by atoms with Gasteiger partial charge in [0.15, 0.2) is 0 Å². The molecule has 1 aromatic heterocycles. The Bertz CT molecular complexity index is 1270. The van der Waals surface area contributed by atoms with E-state index < -0.39 is 23.5 Å². The number of imidazole rings is 1. The Morgan fingerprint density at radius 1 is 0.769 bits per heavy atom. The molecule has 3 nitrogen and oxygen atoms in total. The zero-order valence-electron chi connectivity index (χ0n) is 21.2. The number of piperidine rings is 1. The number of fused-ring (bicyclic) bond motifs is 1. The number of likely N-dealkylation sites (tertiary alicyclic amines) is 1. The highest BCUT2D eigenvalue weighted by Crippen LogP contribution is 2.36. The van der Waals surface area contributed by atoms with Gasteiger partial charge in [-0.15, -0.1) is 0 Å². The minimum Gasteiger partial charge on any atom is -0.342 e. The second-order valence-electron chi connectivity index (χ2n) is 10.2. The van der Waals surface area contributed by atoms with Gasteiger partial charge in [-0.2, -0.15) is 26.3 Å². The van der Waals surface area contributed by atoms with Crippen LogP contribution in [0.3, 0.4) is 0 Å². The van der Waals surface area contributed by atoms with Gasteiger partial charge in [-0.05, 0) is 92.8 Å². The molecule has 39 heavy (non-hydrogen) atoms. The summed E-state index contributed by atoms with van der Waals surface area (Å²) in [6.07, 6.45) is -5.57. The van der Waals surface area contributed by atoms with Crippen molar-refractivity contribution in [3.05, 3.63) is 101 Å². The van der Waals surface area contributed by atoms with E-state index in [-0.39, 0.29) is 5.92 Å². The van der Waals surface area contributed by atoms with Crippen LogP contribution >= 0.6 is 0 Å². The van der Waals surface area contributed by atoms with Crippen LogP contribution in [0.2, 0.25) is 0 Å². The third kappa shape index (κ3) is 6.46. The number of rotatable bonds is 7. The van der Waals surface area contributed by atoms with Crippen LogP contribution in [-0.2, 0) is 12.4 Å². The van der Waals surface area contributed by atoms with E-state index in [1.54, 1.807) is 0 Å². The number of halogens is 6. The maximum Gasteiger partial charge on any atom is 0.416 e. The summed E-state index contributed by atoms with van der Waals surface area (Å²) in [5, 5.41) is 0. The Labute approximate surface area is 222 Å². The summed E-state index contributed by atoms with van der Waals surface area (Å²) in [7, 11) is 0. The third-order valence-corrected chi connectivity index (χ3v) is 7.63. The third-order valence-electron chi connectivity index (χ3n) is 7.63. The lowest BCUT2D eigenvalue weighted by molar-refractivity contribution is -0.138. The Hall–Kier alpha value is -3.33. The standard InChI is InChI=1S/C30H29F6N3/c31-29(32,33)23-11-7-20(8-12-23)25(21-9-13-24(14-10-21)30(34,35)36)4-3-17-39-18-15-22(16-19-39)28-37-26-5-1-2-6-27(26)38-28/h1-2,5-14,22,25H,3-4,15-19H2,(H,37,38). The molecule has 4 aromatic rings. The molecule has 1 aliphatic heterocycles. The summed E-state index contributed by atoms with van der Waals surface area (Å²) in [6, 6.07) is 17.9. The highest BCUT2D eigenvalue weighted by molar-refractivity contribution is 5.74. The molecule has 0 radical (unpaired) electrons. The molecule has 3 aromatic carbocycles. The summed E-state index contributed by atoms with van der Waals surface area (Å²) >= 11 is 0. The van der Waals surface area contributed by atoms with Crippen molar-refractivity contribution in [2.45, 2.75) is 49.9 Å². The van der Waals surface area contributed by atoms with Gasteiger partial charge in [-0.1, -0.05) is 36.4 Å². The zero-order valence-corrected chi connectivity index (χ0v) is 21.2. The van der Waals surface area contributed by atoms with Crippen molar-refractivity contribution in [3.8, 4) is 0 Å². The number of aromatic amines is 1. The first-order chi connectivity index (χ1) is 18.6. The zero-order chi connectivity index (χ0) is 27.6. The van der Waals surface area contributed by atoms with E-state index in [2.05, 4.69) is 9.88 Å². The molecule has 0 atom stereocenters. The first-order valence-corrected chi connectivity index (χ1v) is 13.1. The van der Waals surface area contributed by atoms with Gasteiger partial charge in [0.2, 0.25) is 0 Å². The number of benzene rings is 3. The van der Waals surface area contributed by atoms with Crippen LogP contribution in [0.4, 0.5) is 26.3 Å². The molecule has 1 N–H and O–H groups in total. The van der Waals surface area contributed by atoms with Crippen molar-refractivity contribution in [3.63, 3.8) is 0 Å². The number of alkyl halides is 6. The highest BCUT2D eigenvalue weighted by Gasteiger charge is 2.32. The van der Waals surface area contributed by atoms with E-state index in [1.807, 2.05) is 24.3 Å². The molecule has 1 aliphatic rings. The van der Waals surface area contributed by atoms with Gasteiger partial charge in [0.25, 0.3) is 0 Å². The average molecular weight is 546 g/mol. The Balaban J connectivity index is 1.23. The highest BCUT2D eigenvalue weighted by atomic mass is 19.4. The molecule has 0 unspecified atom stereocenters. The van der Waals surface area contributed by atoms with Crippen LogP contribution in [-0.4, -0.2) is 34.5 Å². The van der Waals surface area contributed by atoms with Gasteiger partial charge in [0, 0.05) is 11.8 Å². The number of aromatic nitrogens is 2. The second-order valence-corrected chi connectivity index (χ2v) is 10.2. The van der Waals surface area contributed by atoms with Crippen LogP contribution in [0.1, 0.15) is 65.6 Å². The maximum absolute atomic E-state index is 13.1. The Kier molecular flexibility index (Phi) is 7.71. The molecule has 1 fully saturated rings. The summed E-state index contributed by atoms with van der Waals surface area (Å²) in [4.78, 5) is 10.5. The van der Waals surface area contributed by atoms with Gasteiger partial charge in [0.05, 0.1) is 22.2 Å². The second kappa shape index (κ2) is 11.0.